The SMILES string of the molecule is NN=CC(=NNc1ccccc1)C(=O)c1cccs1. The van der Waals surface area contributed by atoms with Crippen molar-refractivity contribution in [2.24, 2.45) is 16.0 Å². The molecule has 0 bridgehead atoms. The molecule has 19 heavy (non-hydrogen) atoms. The fourth-order valence-corrected chi connectivity index (χ4v) is 2.05. The lowest BCUT2D eigenvalue weighted by Gasteiger charge is -2.01. The highest BCUT2D eigenvalue weighted by Gasteiger charge is 2.13. The van der Waals surface area contributed by atoms with E-state index in [0.717, 1.165) is 5.69 Å². The predicted molar refractivity (Wildman–Crippen MR) is 78.8 cm³/mol. The van der Waals surface area contributed by atoms with Crippen LogP contribution in [0.2, 0.25) is 0 Å². The maximum atomic E-state index is 12.1. The van der Waals surface area contributed by atoms with E-state index in [1.807, 2.05) is 35.7 Å². The minimum atomic E-state index is -0.215. The van der Waals surface area contributed by atoms with Gasteiger partial charge in [0.2, 0.25) is 5.78 Å². The van der Waals surface area contributed by atoms with Gasteiger partial charge in [-0.3, -0.25) is 10.2 Å². The van der Waals surface area contributed by atoms with E-state index < -0.39 is 0 Å². The summed E-state index contributed by atoms with van der Waals surface area (Å²) >= 11 is 1.35. The van der Waals surface area contributed by atoms with Crippen molar-refractivity contribution in [3.05, 3.63) is 52.7 Å². The second-order valence-electron chi connectivity index (χ2n) is 3.56. The normalized spacial score (nSPS) is 11.7. The Morgan fingerprint density at radius 3 is 2.63 bits per heavy atom. The van der Waals surface area contributed by atoms with Gasteiger partial charge in [-0.25, -0.2) is 0 Å². The maximum Gasteiger partial charge on any atom is 0.224 e. The number of nitrogens with zero attached hydrogens (tertiary/aromatic N) is 2. The highest BCUT2D eigenvalue weighted by molar-refractivity contribution is 7.13. The molecule has 5 nitrogen and oxygen atoms in total. The second kappa shape index (κ2) is 6.46. The quantitative estimate of drug-likeness (QED) is 0.379. The van der Waals surface area contributed by atoms with E-state index in [1.54, 1.807) is 12.1 Å². The molecule has 1 heterocycles. The van der Waals surface area contributed by atoms with Crippen molar-refractivity contribution in [1.29, 1.82) is 0 Å². The van der Waals surface area contributed by atoms with Gasteiger partial charge in [0.1, 0.15) is 0 Å². The first-order valence-electron chi connectivity index (χ1n) is 5.51. The van der Waals surface area contributed by atoms with E-state index in [-0.39, 0.29) is 11.5 Å². The van der Waals surface area contributed by atoms with Gasteiger partial charge >= 0.3 is 0 Å². The number of rotatable bonds is 5. The molecule has 0 saturated carbocycles. The zero-order chi connectivity index (χ0) is 13.5. The van der Waals surface area contributed by atoms with Crippen LogP contribution < -0.4 is 11.3 Å². The zero-order valence-electron chi connectivity index (χ0n) is 9.98. The van der Waals surface area contributed by atoms with Crippen molar-refractivity contribution < 1.29 is 4.79 Å². The molecule has 0 saturated heterocycles. The molecule has 0 aliphatic rings. The van der Waals surface area contributed by atoms with E-state index in [0.29, 0.717) is 4.88 Å². The van der Waals surface area contributed by atoms with E-state index in [1.165, 1.54) is 17.6 Å². The van der Waals surface area contributed by atoms with Gasteiger partial charge in [0.25, 0.3) is 0 Å². The summed E-state index contributed by atoms with van der Waals surface area (Å²) in [6.07, 6.45) is 1.23. The fraction of sp³-hybridized carbons (Fsp3) is 0. The largest absolute Gasteiger partial charge is 0.323 e. The number of hydrogen-bond acceptors (Lipinski definition) is 6. The number of anilines is 1. The first-order chi connectivity index (χ1) is 9.31. The molecule has 1 aromatic heterocycles. The third-order valence-electron chi connectivity index (χ3n) is 2.25. The standard InChI is InChI=1S/C13H12N4OS/c14-15-9-11(13(18)12-7-4-8-19-12)17-16-10-5-2-1-3-6-10/h1-9,16H,14H2. The van der Waals surface area contributed by atoms with Crippen LogP contribution in [-0.4, -0.2) is 17.7 Å². The number of thiophene rings is 1. The van der Waals surface area contributed by atoms with Gasteiger partial charge < -0.3 is 5.84 Å². The topological polar surface area (TPSA) is 79.8 Å². The lowest BCUT2D eigenvalue weighted by molar-refractivity contribution is 0.107. The Kier molecular flexibility index (Phi) is 4.41. The summed E-state index contributed by atoms with van der Waals surface area (Å²) in [7, 11) is 0. The van der Waals surface area contributed by atoms with Crippen LogP contribution in [0.5, 0.6) is 0 Å². The third-order valence-corrected chi connectivity index (χ3v) is 3.12. The monoisotopic (exact) mass is 272 g/mol. The minimum absolute atomic E-state index is 0.161. The van der Waals surface area contributed by atoms with Crippen molar-refractivity contribution in [2.45, 2.75) is 0 Å². The third kappa shape index (κ3) is 3.49. The second-order valence-corrected chi connectivity index (χ2v) is 4.51. The first kappa shape index (κ1) is 13.0. The number of carbonyl (C=O) groups excluding carboxylic acids is 1. The lowest BCUT2D eigenvalue weighted by atomic mass is 10.2. The van der Waals surface area contributed by atoms with Crippen molar-refractivity contribution in [3.8, 4) is 0 Å². The molecular weight excluding hydrogens is 260 g/mol. The van der Waals surface area contributed by atoms with Crippen molar-refractivity contribution in [2.75, 3.05) is 5.43 Å². The maximum absolute atomic E-state index is 12.1. The Morgan fingerprint density at radius 2 is 2.00 bits per heavy atom. The van der Waals surface area contributed by atoms with Gasteiger partial charge in [-0.2, -0.15) is 10.2 Å². The molecule has 0 amide bonds. The zero-order valence-corrected chi connectivity index (χ0v) is 10.8. The van der Waals surface area contributed by atoms with Crippen LogP contribution in [0.25, 0.3) is 0 Å². The van der Waals surface area contributed by atoms with Gasteiger partial charge in [-0.1, -0.05) is 24.3 Å². The van der Waals surface area contributed by atoms with E-state index in [2.05, 4.69) is 15.6 Å². The number of ketones is 1. The van der Waals surface area contributed by atoms with E-state index in [9.17, 15) is 4.79 Å². The molecular formula is C13H12N4OS. The Hall–Kier alpha value is -2.47. The molecule has 0 radical (unpaired) electrons. The summed E-state index contributed by atoms with van der Waals surface area (Å²) in [6.45, 7) is 0. The van der Waals surface area contributed by atoms with Crippen LogP contribution in [0.3, 0.4) is 0 Å². The van der Waals surface area contributed by atoms with Crippen molar-refractivity contribution in [3.63, 3.8) is 0 Å². The lowest BCUT2D eigenvalue weighted by Crippen LogP contribution is -2.17. The molecule has 6 heteroatoms. The molecule has 2 aromatic rings. The van der Waals surface area contributed by atoms with Crippen molar-refractivity contribution >= 4 is 34.7 Å². The molecule has 2 rings (SSSR count). The van der Waals surface area contributed by atoms with Crippen LogP contribution in [0.4, 0.5) is 5.69 Å². The van der Waals surface area contributed by atoms with Gasteiger partial charge in [0.05, 0.1) is 16.8 Å². The van der Waals surface area contributed by atoms with E-state index in [4.69, 9.17) is 5.84 Å². The molecule has 0 spiro atoms. The van der Waals surface area contributed by atoms with Gasteiger partial charge in [0.15, 0.2) is 5.71 Å². The molecule has 96 valence electrons. The molecule has 1 aromatic carbocycles. The van der Waals surface area contributed by atoms with Gasteiger partial charge in [-0.05, 0) is 23.6 Å². The van der Waals surface area contributed by atoms with Gasteiger partial charge in [-0.15, -0.1) is 11.3 Å². The molecule has 0 unspecified atom stereocenters. The summed E-state index contributed by atoms with van der Waals surface area (Å²) in [5.74, 6) is 4.89. The molecule has 3 N–H and O–H groups in total. The van der Waals surface area contributed by atoms with Crippen LogP contribution in [0.15, 0.2) is 58.0 Å². The number of nitrogens with one attached hydrogen (secondary N) is 1. The summed E-state index contributed by atoms with van der Waals surface area (Å²) < 4.78 is 0. The summed E-state index contributed by atoms with van der Waals surface area (Å²) in [4.78, 5) is 12.7. The minimum Gasteiger partial charge on any atom is -0.323 e. The van der Waals surface area contributed by atoms with Crippen LogP contribution in [0, 0.1) is 0 Å². The number of Topliss-reactive ketones (excluding diaryl/α,β-unsaturated/α-hetero) is 1. The van der Waals surface area contributed by atoms with E-state index >= 15 is 0 Å². The summed E-state index contributed by atoms with van der Waals surface area (Å²) in [6, 6.07) is 12.9. The average molecular weight is 272 g/mol. The molecule has 0 atom stereocenters. The molecule has 0 aliphatic carbocycles. The number of nitrogens with two attached hydrogens (primary N) is 1. The fourth-order valence-electron chi connectivity index (χ4n) is 1.38. The van der Waals surface area contributed by atoms with Crippen LogP contribution in [-0.2, 0) is 0 Å². The van der Waals surface area contributed by atoms with Crippen LogP contribution >= 0.6 is 11.3 Å². The highest BCUT2D eigenvalue weighted by Crippen LogP contribution is 2.10. The smallest absolute Gasteiger partial charge is 0.224 e. The Balaban J connectivity index is 2.18. The summed E-state index contributed by atoms with van der Waals surface area (Å²) in [5, 5.41) is 9.23. The molecule has 0 fully saturated rings. The Labute approximate surface area is 114 Å². The average Bonchev–Trinajstić information content (AvgIpc) is 2.98. The Morgan fingerprint density at radius 1 is 1.21 bits per heavy atom. The predicted octanol–water partition coefficient (Wildman–Crippen LogP) is 2.34. The molecule has 0 aliphatic heterocycles. The highest BCUT2D eigenvalue weighted by atomic mass is 32.1. The number of carbonyl (C=O) groups is 1. The number of para-hydroxylation sites is 1. The summed E-state index contributed by atoms with van der Waals surface area (Å²) in [5.41, 5.74) is 3.74. The Bertz CT molecular complexity index is 590. The number of hydrazone groups is 2. The van der Waals surface area contributed by atoms with Crippen molar-refractivity contribution in [1.82, 2.24) is 0 Å². The van der Waals surface area contributed by atoms with Crippen LogP contribution in [0.1, 0.15) is 9.67 Å². The number of hydrogen-bond donors (Lipinski definition) is 2. The van der Waals surface area contributed by atoms with Gasteiger partial charge in [0, 0.05) is 0 Å². The number of benzene rings is 1. The first-order valence-corrected chi connectivity index (χ1v) is 6.39.